The average Bonchev–Trinajstić information content (AvgIpc) is 3.21. The van der Waals surface area contributed by atoms with Crippen LogP contribution in [0.25, 0.3) is 10.6 Å². The van der Waals surface area contributed by atoms with Crippen LogP contribution in [0.15, 0.2) is 29.4 Å². The van der Waals surface area contributed by atoms with E-state index in [0.29, 0.717) is 34.9 Å². The van der Waals surface area contributed by atoms with Gasteiger partial charge in [-0.05, 0) is 32.0 Å². The molecular weight excluding hydrogens is 472 g/mol. The SMILES string of the molecule is COc1ccc(-c2nc([C@@H](C)Sc3nc(N)cc(N)n3)c(C)s2)cc1OCCN1CCOCC1. The molecule has 1 aromatic carbocycles. The zero-order chi connectivity index (χ0) is 24.1. The Hall–Kier alpha value is -2.60. The summed E-state index contributed by atoms with van der Waals surface area (Å²) >= 11 is 3.13. The van der Waals surface area contributed by atoms with Crippen LogP contribution in [0.3, 0.4) is 0 Å². The minimum atomic E-state index is 0.0358. The first-order valence-electron chi connectivity index (χ1n) is 11.1. The highest BCUT2D eigenvalue weighted by Gasteiger charge is 2.19. The Labute approximate surface area is 207 Å². The molecule has 2 aromatic heterocycles. The summed E-state index contributed by atoms with van der Waals surface area (Å²) in [7, 11) is 1.65. The van der Waals surface area contributed by atoms with Gasteiger partial charge in [-0.2, -0.15) is 0 Å². The lowest BCUT2D eigenvalue weighted by Crippen LogP contribution is -2.38. The van der Waals surface area contributed by atoms with E-state index in [1.54, 1.807) is 24.5 Å². The fourth-order valence-corrected chi connectivity index (χ4v) is 5.72. The number of nitrogens with two attached hydrogens (primary N) is 2. The predicted octanol–water partition coefficient (Wildman–Crippen LogP) is 3.65. The van der Waals surface area contributed by atoms with E-state index in [4.69, 9.17) is 30.7 Å². The highest BCUT2D eigenvalue weighted by Crippen LogP contribution is 2.40. The normalized spacial score (nSPS) is 15.3. The molecule has 0 bridgehead atoms. The van der Waals surface area contributed by atoms with Crippen molar-refractivity contribution in [1.82, 2.24) is 19.9 Å². The monoisotopic (exact) mass is 502 g/mol. The number of nitrogen functional groups attached to an aromatic ring is 2. The molecule has 1 fully saturated rings. The van der Waals surface area contributed by atoms with E-state index in [-0.39, 0.29) is 5.25 Å². The molecule has 34 heavy (non-hydrogen) atoms. The Balaban J connectivity index is 1.48. The molecule has 4 N–H and O–H groups in total. The number of rotatable bonds is 9. The summed E-state index contributed by atoms with van der Waals surface area (Å²) in [5, 5.41) is 1.50. The van der Waals surface area contributed by atoms with Crippen LogP contribution < -0.4 is 20.9 Å². The minimum absolute atomic E-state index is 0.0358. The van der Waals surface area contributed by atoms with Gasteiger partial charge < -0.3 is 25.7 Å². The van der Waals surface area contributed by atoms with Gasteiger partial charge in [0.25, 0.3) is 0 Å². The number of thioether (sulfide) groups is 1. The van der Waals surface area contributed by atoms with E-state index < -0.39 is 0 Å². The molecule has 0 saturated carbocycles. The number of aromatic nitrogens is 3. The summed E-state index contributed by atoms with van der Waals surface area (Å²) < 4.78 is 17.0. The first-order chi connectivity index (χ1) is 16.4. The maximum Gasteiger partial charge on any atom is 0.192 e. The summed E-state index contributed by atoms with van der Waals surface area (Å²) in [4.78, 5) is 17.0. The summed E-state index contributed by atoms with van der Waals surface area (Å²) in [6, 6.07) is 7.48. The minimum Gasteiger partial charge on any atom is -0.493 e. The third kappa shape index (κ3) is 6.09. The van der Waals surface area contributed by atoms with Crippen LogP contribution in [0.1, 0.15) is 22.7 Å². The van der Waals surface area contributed by atoms with Crippen LogP contribution in [0.5, 0.6) is 11.5 Å². The van der Waals surface area contributed by atoms with E-state index in [0.717, 1.165) is 54.0 Å². The molecule has 0 amide bonds. The molecule has 9 nitrogen and oxygen atoms in total. The second-order valence-electron chi connectivity index (χ2n) is 7.89. The van der Waals surface area contributed by atoms with Crippen molar-refractivity contribution >= 4 is 34.7 Å². The molecule has 0 spiro atoms. The van der Waals surface area contributed by atoms with Crippen LogP contribution in [0.2, 0.25) is 0 Å². The molecule has 4 rings (SSSR count). The number of nitrogens with zero attached hydrogens (tertiary/aromatic N) is 4. The summed E-state index contributed by atoms with van der Waals surface area (Å²) in [5.74, 6) is 2.14. The third-order valence-electron chi connectivity index (χ3n) is 5.42. The largest absolute Gasteiger partial charge is 0.493 e. The van der Waals surface area contributed by atoms with Crippen LogP contribution in [-0.2, 0) is 4.74 Å². The van der Waals surface area contributed by atoms with E-state index >= 15 is 0 Å². The first kappa shape index (κ1) is 24.5. The van der Waals surface area contributed by atoms with Crippen molar-refractivity contribution in [3.05, 3.63) is 34.8 Å². The predicted molar refractivity (Wildman–Crippen MR) is 137 cm³/mol. The Morgan fingerprint density at radius 1 is 1.12 bits per heavy atom. The fraction of sp³-hybridized carbons (Fsp3) is 0.435. The van der Waals surface area contributed by atoms with Gasteiger partial charge in [0.15, 0.2) is 16.7 Å². The number of morpholine rings is 1. The first-order valence-corrected chi connectivity index (χ1v) is 12.8. The highest BCUT2D eigenvalue weighted by atomic mass is 32.2. The van der Waals surface area contributed by atoms with Crippen molar-refractivity contribution < 1.29 is 14.2 Å². The lowest BCUT2D eigenvalue weighted by atomic mass is 10.2. The topological polar surface area (TPSA) is 122 Å². The maximum atomic E-state index is 6.10. The molecule has 0 aliphatic carbocycles. The van der Waals surface area contributed by atoms with Gasteiger partial charge in [-0.15, -0.1) is 11.3 Å². The Morgan fingerprint density at radius 2 is 1.85 bits per heavy atom. The van der Waals surface area contributed by atoms with Gasteiger partial charge in [0.05, 0.1) is 31.3 Å². The van der Waals surface area contributed by atoms with Crippen LogP contribution in [0.4, 0.5) is 11.6 Å². The quantitative estimate of drug-likeness (QED) is 0.331. The molecule has 1 aliphatic rings. The van der Waals surface area contributed by atoms with Crippen LogP contribution in [-0.4, -0.2) is 66.4 Å². The Kier molecular flexibility index (Phi) is 8.09. The number of anilines is 2. The van der Waals surface area contributed by atoms with Gasteiger partial charge in [0, 0.05) is 36.1 Å². The number of hydrogen-bond acceptors (Lipinski definition) is 11. The molecule has 3 aromatic rings. The number of benzene rings is 1. The second kappa shape index (κ2) is 11.2. The van der Waals surface area contributed by atoms with E-state index in [2.05, 4.69) is 28.7 Å². The van der Waals surface area contributed by atoms with E-state index in [1.165, 1.54) is 11.8 Å². The van der Waals surface area contributed by atoms with Crippen molar-refractivity contribution in [2.24, 2.45) is 0 Å². The molecule has 11 heteroatoms. The molecule has 0 unspecified atom stereocenters. The smallest absolute Gasteiger partial charge is 0.192 e. The number of aryl methyl sites for hydroxylation is 1. The number of thiazole rings is 1. The zero-order valence-corrected chi connectivity index (χ0v) is 21.2. The molecule has 1 saturated heterocycles. The molecule has 0 radical (unpaired) electrons. The van der Waals surface area contributed by atoms with Gasteiger partial charge in [0.2, 0.25) is 0 Å². The second-order valence-corrected chi connectivity index (χ2v) is 10.4. The molecule has 1 atom stereocenters. The van der Waals surface area contributed by atoms with Gasteiger partial charge in [0.1, 0.15) is 23.3 Å². The van der Waals surface area contributed by atoms with Crippen LogP contribution in [0, 0.1) is 6.92 Å². The Bertz CT molecular complexity index is 1100. The lowest BCUT2D eigenvalue weighted by Gasteiger charge is -2.26. The summed E-state index contributed by atoms with van der Waals surface area (Å²) in [6.45, 7) is 9.01. The standard InChI is InChI=1S/C23H30N6O3S2/c1-14-21(15(2)34-23-26-19(24)13-20(25)27-23)28-22(33-14)16-4-5-17(30-3)18(12-16)32-11-8-29-6-9-31-10-7-29/h4-5,12-13,15H,6-11H2,1-3H3,(H4,24,25,26,27)/t15-/m1/s1. The van der Waals surface area contributed by atoms with Gasteiger partial charge in [-0.25, -0.2) is 15.0 Å². The number of methoxy groups -OCH3 is 1. The van der Waals surface area contributed by atoms with Gasteiger partial charge in [-0.1, -0.05) is 11.8 Å². The average molecular weight is 503 g/mol. The van der Waals surface area contributed by atoms with Crippen LogP contribution >= 0.6 is 23.1 Å². The van der Waals surface area contributed by atoms with E-state index in [1.807, 2.05) is 18.2 Å². The van der Waals surface area contributed by atoms with E-state index in [9.17, 15) is 0 Å². The van der Waals surface area contributed by atoms with Gasteiger partial charge >= 0.3 is 0 Å². The Morgan fingerprint density at radius 3 is 2.56 bits per heavy atom. The molecule has 1 aliphatic heterocycles. The summed E-state index contributed by atoms with van der Waals surface area (Å²) in [5.41, 5.74) is 13.6. The van der Waals surface area contributed by atoms with Gasteiger partial charge in [-0.3, -0.25) is 4.90 Å². The third-order valence-corrected chi connectivity index (χ3v) is 7.43. The number of ether oxygens (including phenoxy) is 3. The fourth-order valence-electron chi connectivity index (χ4n) is 3.67. The molecule has 3 heterocycles. The maximum absolute atomic E-state index is 6.10. The van der Waals surface area contributed by atoms with Crippen molar-refractivity contribution in [1.29, 1.82) is 0 Å². The van der Waals surface area contributed by atoms with Crippen molar-refractivity contribution in [2.75, 3.05) is 58.0 Å². The van der Waals surface area contributed by atoms with Crippen molar-refractivity contribution in [3.63, 3.8) is 0 Å². The lowest BCUT2D eigenvalue weighted by molar-refractivity contribution is 0.0321. The molecule has 182 valence electrons. The molecular formula is C23H30N6O3S2. The van der Waals surface area contributed by atoms with Crippen molar-refractivity contribution in [3.8, 4) is 22.1 Å². The highest BCUT2D eigenvalue weighted by molar-refractivity contribution is 7.99. The summed E-state index contributed by atoms with van der Waals surface area (Å²) in [6.07, 6.45) is 0. The van der Waals surface area contributed by atoms with Crippen molar-refractivity contribution in [2.45, 2.75) is 24.3 Å². The zero-order valence-electron chi connectivity index (χ0n) is 19.6. The number of hydrogen-bond donors (Lipinski definition) is 2.